The third kappa shape index (κ3) is 3.90. The molecule has 0 saturated carbocycles. The summed E-state index contributed by atoms with van der Waals surface area (Å²) in [5.74, 6) is 0.841. The average molecular weight is 334 g/mol. The first kappa shape index (κ1) is 16.4. The predicted molar refractivity (Wildman–Crippen MR) is 90.6 cm³/mol. The Morgan fingerprint density at radius 3 is 3.04 bits per heavy atom. The van der Waals surface area contributed by atoms with E-state index in [0.29, 0.717) is 6.54 Å². The standard InChI is InChI=1S/C17H22N2O3S/c1-22-14-4-2-3-12(7-14)17-18-8-15(23-17)9-19-6-5-13(11-20)16(21)10-19/h2-4,7-8,13,16,20-21H,5-6,9-11H2,1H3/t13-,16+/m1/s1. The van der Waals surface area contributed by atoms with Crippen LogP contribution in [0.1, 0.15) is 11.3 Å². The van der Waals surface area contributed by atoms with E-state index in [9.17, 15) is 10.2 Å². The monoisotopic (exact) mass is 334 g/mol. The quantitative estimate of drug-likeness (QED) is 0.875. The van der Waals surface area contributed by atoms with Gasteiger partial charge in [0.25, 0.3) is 0 Å². The van der Waals surface area contributed by atoms with Crippen molar-refractivity contribution in [3.05, 3.63) is 35.3 Å². The van der Waals surface area contributed by atoms with Crippen LogP contribution >= 0.6 is 11.3 Å². The van der Waals surface area contributed by atoms with Crippen LogP contribution in [-0.2, 0) is 6.54 Å². The van der Waals surface area contributed by atoms with Gasteiger partial charge in [-0.3, -0.25) is 4.90 Å². The summed E-state index contributed by atoms with van der Waals surface area (Å²) in [5.41, 5.74) is 1.06. The molecule has 0 spiro atoms. The normalized spacial score (nSPS) is 22.2. The number of methoxy groups -OCH3 is 1. The van der Waals surface area contributed by atoms with Gasteiger partial charge in [0.1, 0.15) is 10.8 Å². The fourth-order valence-corrected chi connectivity index (χ4v) is 3.84. The Balaban J connectivity index is 1.65. The van der Waals surface area contributed by atoms with Crippen LogP contribution in [0, 0.1) is 5.92 Å². The highest BCUT2D eigenvalue weighted by molar-refractivity contribution is 7.15. The molecule has 5 nitrogen and oxygen atoms in total. The first-order valence-electron chi connectivity index (χ1n) is 7.80. The van der Waals surface area contributed by atoms with Crippen LogP contribution in [-0.4, -0.2) is 53.0 Å². The highest BCUT2D eigenvalue weighted by Crippen LogP contribution is 2.29. The lowest BCUT2D eigenvalue weighted by Crippen LogP contribution is -2.44. The van der Waals surface area contributed by atoms with E-state index in [1.54, 1.807) is 18.4 Å². The molecule has 6 heteroatoms. The zero-order chi connectivity index (χ0) is 16.2. The summed E-state index contributed by atoms with van der Waals surface area (Å²) in [4.78, 5) is 7.91. The van der Waals surface area contributed by atoms with Gasteiger partial charge >= 0.3 is 0 Å². The molecule has 1 aliphatic heterocycles. The van der Waals surface area contributed by atoms with Gasteiger partial charge in [-0.15, -0.1) is 11.3 Å². The topological polar surface area (TPSA) is 65.8 Å². The largest absolute Gasteiger partial charge is 0.497 e. The maximum Gasteiger partial charge on any atom is 0.123 e. The minimum atomic E-state index is -0.445. The summed E-state index contributed by atoms with van der Waals surface area (Å²) in [6, 6.07) is 7.90. The third-order valence-corrected chi connectivity index (χ3v) is 5.32. The molecular weight excluding hydrogens is 312 g/mol. The molecule has 1 aliphatic rings. The van der Waals surface area contributed by atoms with Crippen molar-refractivity contribution in [2.75, 3.05) is 26.8 Å². The van der Waals surface area contributed by atoms with Crippen molar-refractivity contribution in [2.24, 2.45) is 5.92 Å². The summed E-state index contributed by atoms with van der Waals surface area (Å²) < 4.78 is 5.26. The van der Waals surface area contributed by atoms with Crippen molar-refractivity contribution in [1.82, 2.24) is 9.88 Å². The van der Waals surface area contributed by atoms with E-state index in [1.165, 1.54) is 4.88 Å². The van der Waals surface area contributed by atoms with E-state index in [4.69, 9.17) is 4.74 Å². The first-order valence-corrected chi connectivity index (χ1v) is 8.61. The van der Waals surface area contributed by atoms with Crippen molar-refractivity contribution in [1.29, 1.82) is 0 Å². The van der Waals surface area contributed by atoms with Crippen LogP contribution in [0.4, 0.5) is 0 Å². The maximum atomic E-state index is 10.0. The van der Waals surface area contributed by atoms with E-state index < -0.39 is 6.10 Å². The highest BCUT2D eigenvalue weighted by atomic mass is 32.1. The zero-order valence-electron chi connectivity index (χ0n) is 13.2. The van der Waals surface area contributed by atoms with Crippen molar-refractivity contribution in [3.63, 3.8) is 0 Å². The summed E-state index contributed by atoms with van der Waals surface area (Å²) in [5, 5.41) is 20.2. The number of aliphatic hydroxyl groups is 2. The number of aromatic nitrogens is 1. The van der Waals surface area contributed by atoms with Gasteiger partial charge in [-0.2, -0.15) is 0 Å². The van der Waals surface area contributed by atoms with E-state index in [2.05, 4.69) is 9.88 Å². The minimum absolute atomic E-state index is 0.0139. The molecule has 2 atom stereocenters. The zero-order valence-corrected chi connectivity index (χ0v) is 14.0. The van der Waals surface area contributed by atoms with Gasteiger partial charge in [0.05, 0.1) is 13.2 Å². The van der Waals surface area contributed by atoms with E-state index in [1.807, 2.05) is 30.5 Å². The molecule has 0 aliphatic carbocycles. The van der Waals surface area contributed by atoms with Gasteiger partial charge < -0.3 is 14.9 Å². The number of hydrogen-bond acceptors (Lipinski definition) is 6. The second-order valence-corrected chi connectivity index (χ2v) is 7.01. The van der Waals surface area contributed by atoms with E-state index in [0.717, 1.165) is 35.8 Å². The lowest BCUT2D eigenvalue weighted by atomic mass is 9.95. The molecule has 2 aromatic rings. The molecule has 0 bridgehead atoms. The number of ether oxygens (including phenoxy) is 1. The lowest BCUT2D eigenvalue weighted by Gasteiger charge is -2.34. The van der Waals surface area contributed by atoms with Crippen LogP contribution in [0.2, 0.25) is 0 Å². The minimum Gasteiger partial charge on any atom is -0.497 e. The third-order valence-electron chi connectivity index (χ3n) is 4.29. The van der Waals surface area contributed by atoms with Gasteiger partial charge in [0.15, 0.2) is 0 Å². The van der Waals surface area contributed by atoms with Gasteiger partial charge in [-0.05, 0) is 25.1 Å². The SMILES string of the molecule is COc1cccc(-c2ncc(CN3CC[C@H](CO)[C@@H](O)C3)s2)c1. The molecule has 2 N–H and O–H groups in total. The average Bonchev–Trinajstić information content (AvgIpc) is 3.03. The Kier molecular flexibility index (Phi) is 5.27. The number of likely N-dealkylation sites (tertiary alicyclic amines) is 1. The second-order valence-electron chi connectivity index (χ2n) is 5.90. The Hall–Kier alpha value is -1.47. The Bertz CT molecular complexity index is 646. The van der Waals surface area contributed by atoms with Crippen LogP contribution < -0.4 is 4.74 Å². The fraction of sp³-hybridized carbons (Fsp3) is 0.471. The molecule has 0 unspecified atom stereocenters. The van der Waals surface area contributed by atoms with E-state index in [-0.39, 0.29) is 12.5 Å². The first-order chi connectivity index (χ1) is 11.2. The molecule has 1 saturated heterocycles. The molecule has 1 aromatic carbocycles. The molecular formula is C17H22N2O3S. The molecule has 2 heterocycles. The molecule has 3 rings (SSSR count). The van der Waals surface area contributed by atoms with Crippen molar-refractivity contribution in [2.45, 2.75) is 19.1 Å². The van der Waals surface area contributed by atoms with Crippen molar-refractivity contribution in [3.8, 4) is 16.3 Å². The smallest absolute Gasteiger partial charge is 0.123 e. The Morgan fingerprint density at radius 2 is 2.30 bits per heavy atom. The van der Waals surface area contributed by atoms with Crippen molar-refractivity contribution >= 4 is 11.3 Å². The van der Waals surface area contributed by atoms with Crippen LogP contribution in [0.5, 0.6) is 5.75 Å². The number of rotatable bonds is 5. The molecule has 124 valence electrons. The number of aliphatic hydroxyl groups excluding tert-OH is 2. The molecule has 1 fully saturated rings. The second kappa shape index (κ2) is 7.40. The molecule has 0 radical (unpaired) electrons. The number of benzene rings is 1. The summed E-state index contributed by atoms with van der Waals surface area (Å²) in [6.45, 7) is 2.36. The number of hydrogen-bond donors (Lipinski definition) is 2. The highest BCUT2D eigenvalue weighted by Gasteiger charge is 2.27. The van der Waals surface area contributed by atoms with Gasteiger partial charge in [-0.25, -0.2) is 4.98 Å². The number of piperidine rings is 1. The van der Waals surface area contributed by atoms with Gasteiger partial charge in [0, 0.05) is 42.3 Å². The van der Waals surface area contributed by atoms with Gasteiger partial charge in [0.2, 0.25) is 0 Å². The summed E-state index contributed by atoms with van der Waals surface area (Å²) >= 11 is 1.67. The Labute approximate surface area is 140 Å². The summed E-state index contributed by atoms with van der Waals surface area (Å²) in [6.07, 6.45) is 2.29. The molecule has 23 heavy (non-hydrogen) atoms. The van der Waals surface area contributed by atoms with Crippen molar-refractivity contribution < 1.29 is 14.9 Å². The lowest BCUT2D eigenvalue weighted by molar-refractivity contribution is -0.00416. The Morgan fingerprint density at radius 1 is 1.43 bits per heavy atom. The van der Waals surface area contributed by atoms with Crippen LogP contribution in [0.15, 0.2) is 30.5 Å². The van der Waals surface area contributed by atoms with Crippen LogP contribution in [0.25, 0.3) is 10.6 Å². The maximum absolute atomic E-state index is 10.0. The van der Waals surface area contributed by atoms with Crippen LogP contribution in [0.3, 0.4) is 0 Å². The van der Waals surface area contributed by atoms with E-state index >= 15 is 0 Å². The molecule has 0 amide bonds. The number of nitrogens with zero attached hydrogens (tertiary/aromatic N) is 2. The predicted octanol–water partition coefficient (Wildman–Crippen LogP) is 1.99. The molecule has 1 aromatic heterocycles. The van der Waals surface area contributed by atoms with Gasteiger partial charge in [-0.1, -0.05) is 12.1 Å². The number of β-amino-alcohol motifs (C(OH)–C–C–N with tert-alkyl or cyclic N) is 1. The summed E-state index contributed by atoms with van der Waals surface area (Å²) in [7, 11) is 1.66. The number of thiazole rings is 1. The fourth-order valence-electron chi connectivity index (χ4n) is 2.89.